The molecule has 4 aromatic heterocycles. The molecule has 0 spiro atoms. The van der Waals surface area contributed by atoms with Gasteiger partial charge in [-0.15, -0.1) is 10.2 Å². The first kappa shape index (κ1) is 63.6. The number of amidine groups is 1. The normalized spacial score (nSPS) is 14.5. The lowest BCUT2D eigenvalue weighted by Gasteiger charge is -2.18. The van der Waals surface area contributed by atoms with Gasteiger partial charge in [0, 0.05) is 81.8 Å². The van der Waals surface area contributed by atoms with E-state index in [4.69, 9.17) is 4.84 Å². The average molecular weight is 984 g/mol. The van der Waals surface area contributed by atoms with E-state index in [-0.39, 0.29) is 16.2 Å². The lowest BCUT2D eigenvalue weighted by molar-refractivity contribution is 0.245. The number of aromatic nitrogens is 9. The van der Waals surface area contributed by atoms with Gasteiger partial charge in [-0.05, 0) is 68.9 Å². The molecule has 0 saturated heterocycles. The molecule has 0 radical (unpaired) electrons. The zero-order valence-corrected chi connectivity index (χ0v) is 48.3. The summed E-state index contributed by atoms with van der Waals surface area (Å²) in [5.41, 5.74) is 4.52. The van der Waals surface area contributed by atoms with Crippen LogP contribution in [0.5, 0.6) is 0 Å². The number of aliphatic imine (C=N–C) groups is 1. The monoisotopic (exact) mass is 984 g/mol. The Kier molecular flexibility index (Phi) is 26.2. The first-order chi connectivity index (χ1) is 32.4. The quantitative estimate of drug-likeness (QED) is 0.179. The predicted molar refractivity (Wildman–Crippen MR) is 297 cm³/mol. The third kappa shape index (κ3) is 39.0. The summed E-state index contributed by atoms with van der Waals surface area (Å²) in [5, 5.41) is 39.1. The first-order valence-corrected chi connectivity index (χ1v) is 25.1. The van der Waals surface area contributed by atoms with Gasteiger partial charge in [0.25, 0.3) is 0 Å². The van der Waals surface area contributed by atoms with E-state index in [1.807, 2.05) is 40.2 Å². The van der Waals surface area contributed by atoms with Gasteiger partial charge in [-0.2, -0.15) is 35.4 Å². The van der Waals surface area contributed by atoms with Crippen LogP contribution in [0.25, 0.3) is 0 Å². The van der Waals surface area contributed by atoms with Gasteiger partial charge in [-0.25, -0.2) is 4.99 Å². The number of hydrogen-bond donors (Lipinski definition) is 0. The van der Waals surface area contributed by atoms with Crippen molar-refractivity contribution in [3.05, 3.63) is 80.1 Å². The molecule has 3 aliphatic heterocycles. The maximum absolute atomic E-state index is 4.90. The minimum Gasteiger partial charge on any atom is -0.362 e. The number of azo groups is 1. The molecule has 7 rings (SSSR count). The van der Waals surface area contributed by atoms with Crippen molar-refractivity contribution in [2.24, 2.45) is 68.5 Å². The Balaban J connectivity index is 0.000000414. The summed E-state index contributed by atoms with van der Waals surface area (Å²) >= 11 is 0. The fraction of sp³-hybridized carbons (Fsp3) is 0.691. The molecule has 0 amide bonds. The van der Waals surface area contributed by atoms with Gasteiger partial charge in [0.1, 0.15) is 11.6 Å². The Bertz CT molecular complexity index is 1970. The van der Waals surface area contributed by atoms with Crippen LogP contribution in [0.1, 0.15) is 178 Å². The number of rotatable bonds is 7. The summed E-state index contributed by atoms with van der Waals surface area (Å²) < 4.78 is 6.01. The molecular weight excluding hydrogens is 887 g/mol. The smallest absolute Gasteiger partial charge is 0.152 e. The second kappa shape index (κ2) is 29.2. The van der Waals surface area contributed by atoms with Crippen LogP contribution in [0, 0.1) is 37.9 Å². The van der Waals surface area contributed by atoms with E-state index in [0.717, 1.165) is 75.6 Å². The molecule has 0 N–H and O–H groups in total. The summed E-state index contributed by atoms with van der Waals surface area (Å²) in [6, 6.07) is 6.07. The molecule has 0 unspecified atom stereocenters. The molecule has 0 atom stereocenters. The van der Waals surface area contributed by atoms with Gasteiger partial charge in [-0.3, -0.25) is 9.36 Å². The van der Waals surface area contributed by atoms with E-state index in [1.54, 1.807) is 23.4 Å². The van der Waals surface area contributed by atoms with Gasteiger partial charge in [-0.1, -0.05) is 162 Å². The largest absolute Gasteiger partial charge is 0.362 e. The molecule has 0 fully saturated rings. The minimum atomic E-state index is 0.263. The second-order valence-electron chi connectivity index (χ2n) is 26.8. The lowest BCUT2D eigenvalue weighted by atomic mass is 9.89. The van der Waals surface area contributed by atoms with Crippen molar-refractivity contribution in [2.75, 3.05) is 6.67 Å². The molecule has 16 nitrogen and oxygen atoms in total. The molecule has 0 saturated carbocycles. The molecule has 0 bridgehead atoms. The third-order valence-corrected chi connectivity index (χ3v) is 8.68. The maximum Gasteiger partial charge on any atom is 0.152 e. The Labute approximate surface area is 430 Å². The van der Waals surface area contributed by atoms with Crippen LogP contribution in [0.15, 0.2) is 111 Å². The van der Waals surface area contributed by atoms with Crippen LogP contribution in [-0.2, 0) is 31.0 Å². The fourth-order valence-electron chi connectivity index (χ4n) is 6.44. The molecule has 0 aromatic carbocycles. The highest BCUT2D eigenvalue weighted by molar-refractivity contribution is 5.98. The van der Waals surface area contributed by atoms with Gasteiger partial charge in [0.2, 0.25) is 0 Å². The van der Waals surface area contributed by atoms with Crippen molar-refractivity contribution in [2.45, 2.75) is 204 Å². The predicted octanol–water partition coefficient (Wildman–Crippen LogP) is 14.3. The zero-order valence-electron chi connectivity index (χ0n) is 48.3. The van der Waals surface area contributed by atoms with Crippen molar-refractivity contribution in [3.8, 4) is 0 Å². The van der Waals surface area contributed by atoms with E-state index in [2.05, 4.69) is 237 Å². The van der Waals surface area contributed by atoms with E-state index in [9.17, 15) is 0 Å². The Morgan fingerprint density at radius 1 is 0.535 bits per heavy atom. The van der Waals surface area contributed by atoms with Crippen molar-refractivity contribution in [1.82, 2.24) is 44.3 Å². The molecule has 398 valence electrons. The van der Waals surface area contributed by atoms with Crippen molar-refractivity contribution in [1.29, 1.82) is 0 Å². The molecular formula is C55H97N15O. The van der Waals surface area contributed by atoms with Gasteiger partial charge >= 0.3 is 0 Å². The van der Waals surface area contributed by atoms with E-state index >= 15 is 0 Å². The van der Waals surface area contributed by atoms with Crippen LogP contribution >= 0.6 is 0 Å². The minimum absolute atomic E-state index is 0.263. The number of allylic oxidation sites excluding steroid dienone is 1. The average Bonchev–Trinajstić information content (AvgIpc) is 4.01. The van der Waals surface area contributed by atoms with Gasteiger partial charge in [0.15, 0.2) is 6.67 Å². The molecule has 16 heteroatoms. The van der Waals surface area contributed by atoms with Crippen LogP contribution in [0.2, 0.25) is 0 Å². The summed E-state index contributed by atoms with van der Waals surface area (Å²) in [6.07, 6.45) is 21.6. The topological polar surface area (TPSA) is 168 Å². The number of oxime groups is 1. The third-order valence-electron chi connectivity index (χ3n) is 8.68. The van der Waals surface area contributed by atoms with Crippen molar-refractivity contribution < 1.29 is 4.84 Å². The summed E-state index contributed by atoms with van der Waals surface area (Å²) in [6.45, 7) is 54.2. The standard InChI is InChI=1S/C9H15NO.C9H15N.2C8H14N2.3C7H13N3/c1-7-5-8(10-11-7)6-9(2,3)4;1-9(2,3)8-10-6-4-5-7-10;1-8(2,3)6-7-4-5-9-10-7;1-8(2,3)7-10-6-4-5-9-10;1-7(2,3)4-6-8-5-9-10-6;1-7(2,3)6-10-5-4-8-9-10;1-7(2,3)6-10-8-4-5-9-10/h1,5-6H2,2-4H3;4-7H,8H2,1-3H3;5H,4,6H2,1-3H3;4-6H,7H2,1-3H3;4-5H2,1-3H3;2*4-5H,6H2,1-3H3. The maximum atomic E-state index is 4.90. The first-order valence-electron chi connectivity index (χ1n) is 25.1. The Hall–Kier alpha value is -5.41. The van der Waals surface area contributed by atoms with Crippen LogP contribution in [-0.4, -0.2) is 74.5 Å². The SMILES string of the molecule is C=C1CC(CC(C)(C)C)=NO1.CC(C)(C)CC1=NCN=N1.CC(C)(C)CC1=NN=CC1.CC(C)(C)Cn1cccc1.CC(C)(C)Cn1cccn1.CC(C)(C)Cn1ccnn1.CC(C)(C)Cn1nccn1. The highest BCUT2D eigenvalue weighted by atomic mass is 16.6. The van der Waals surface area contributed by atoms with E-state index < -0.39 is 0 Å². The zero-order chi connectivity index (χ0) is 54.2. The van der Waals surface area contributed by atoms with Crippen molar-refractivity contribution >= 4 is 23.5 Å². The van der Waals surface area contributed by atoms with Crippen LogP contribution in [0.3, 0.4) is 0 Å². The molecule has 0 aliphatic carbocycles. The molecule has 7 heterocycles. The highest BCUT2D eigenvalue weighted by Gasteiger charge is 2.20. The fourth-order valence-corrected chi connectivity index (χ4v) is 6.44. The Morgan fingerprint density at radius 2 is 1.07 bits per heavy atom. The van der Waals surface area contributed by atoms with E-state index in [0.29, 0.717) is 28.3 Å². The van der Waals surface area contributed by atoms with E-state index in [1.165, 1.54) is 5.71 Å². The van der Waals surface area contributed by atoms with Crippen LogP contribution < -0.4 is 0 Å². The second-order valence-corrected chi connectivity index (χ2v) is 26.8. The number of hydrogen-bond acceptors (Lipinski definition) is 12. The molecule has 4 aromatic rings. The number of nitrogens with zero attached hydrogens (tertiary/aromatic N) is 15. The highest BCUT2D eigenvalue weighted by Crippen LogP contribution is 2.25. The summed E-state index contributed by atoms with van der Waals surface area (Å²) in [7, 11) is 0. The van der Waals surface area contributed by atoms with Crippen molar-refractivity contribution in [3.63, 3.8) is 0 Å². The lowest BCUT2D eigenvalue weighted by Crippen LogP contribution is -2.17. The van der Waals surface area contributed by atoms with Gasteiger partial charge < -0.3 is 9.40 Å². The molecule has 3 aliphatic rings. The Morgan fingerprint density at radius 3 is 1.46 bits per heavy atom. The summed E-state index contributed by atoms with van der Waals surface area (Å²) in [5.74, 6) is 1.66. The molecule has 71 heavy (non-hydrogen) atoms. The van der Waals surface area contributed by atoms with Crippen LogP contribution in [0.4, 0.5) is 0 Å². The summed E-state index contributed by atoms with van der Waals surface area (Å²) in [4.78, 5) is 10.7. The van der Waals surface area contributed by atoms with Gasteiger partial charge in [0.05, 0.1) is 30.8 Å².